The predicted molar refractivity (Wildman–Crippen MR) is 100 cm³/mol. The molecule has 6 nitrogen and oxygen atoms in total. The Morgan fingerprint density at radius 1 is 1.15 bits per heavy atom. The fourth-order valence-corrected chi connectivity index (χ4v) is 4.01. The minimum atomic E-state index is -1.36. The fourth-order valence-electron chi connectivity index (χ4n) is 4.01. The number of ether oxygens (including phenoxy) is 2. The second-order valence-electron chi connectivity index (χ2n) is 7.65. The Labute approximate surface area is 160 Å². The maximum absolute atomic E-state index is 10.4. The van der Waals surface area contributed by atoms with Crippen LogP contribution in [0.1, 0.15) is 42.1 Å². The number of aliphatic hydroxyl groups is 4. The Kier molecular flexibility index (Phi) is 6.55. The molecule has 3 rings (SSSR count). The molecule has 0 radical (unpaired) electrons. The molecule has 0 bridgehead atoms. The van der Waals surface area contributed by atoms with Crippen LogP contribution in [0.3, 0.4) is 0 Å². The average Bonchev–Trinajstić information content (AvgIpc) is 2.69. The highest BCUT2D eigenvalue weighted by molar-refractivity contribution is 5.34. The van der Waals surface area contributed by atoms with Crippen molar-refractivity contribution in [1.82, 2.24) is 0 Å². The van der Waals surface area contributed by atoms with Gasteiger partial charge in [0, 0.05) is 6.42 Å². The van der Waals surface area contributed by atoms with Crippen LogP contribution >= 0.6 is 0 Å². The zero-order valence-corrected chi connectivity index (χ0v) is 15.9. The SMILES string of the molecule is COC1=CCC(Cc2cc([C@@H]3O[C@H](CO)[C@@H](O)[C@H](O)[C@H]3O)ccc2C)CC1. The highest BCUT2D eigenvalue weighted by Crippen LogP contribution is 2.34. The molecule has 0 amide bonds. The van der Waals surface area contributed by atoms with Crippen molar-refractivity contribution in [2.24, 2.45) is 5.92 Å². The van der Waals surface area contributed by atoms with E-state index in [2.05, 4.69) is 13.0 Å². The third-order valence-electron chi connectivity index (χ3n) is 5.84. The van der Waals surface area contributed by atoms with E-state index in [1.54, 1.807) is 7.11 Å². The molecule has 1 aromatic carbocycles. The Bertz CT molecular complexity index is 671. The lowest BCUT2D eigenvalue weighted by Gasteiger charge is -2.40. The molecule has 0 spiro atoms. The number of allylic oxidation sites excluding steroid dienone is 2. The molecule has 0 saturated carbocycles. The van der Waals surface area contributed by atoms with E-state index in [9.17, 15) is 20.4 Å². The minimum Gasteiger partial charge on any atom is -0.501 e. The first-order chi connectivity index (χ1) is 12.9. The quantitative estimate of drug-likeness (QED) is 0.618. The number of hydrogen-bond donors (Lipinski definition) is 4. The number of aliphatic hydroxyl groups excluding tert-OH is 4. The summed E-state index contributed by atoms with van der Waals surface area (Å²) >= 11 is 0. The second kappa shape index (κ2) is 8.71. The van der Waals surface area contributed by atoms with Gasteiger partial charge >= 0.3 is 0 Å². The van der Waals surface area contributed by atoms with Crippen LogP contribution in [-0.4, -0.2) is 58.6 Å². The smallest absolute Gasteiger partial charge is 0.113 e. The van der Waals surface area contributed by atoms with E-state index in [0.717, 1.165) is 37.0 Å². The molecule has 27 heavy (non-hydrogen) atoms. The zero-order valence-electron chi connectivity index (χ0n) is 15.9. The molecule has 1 saturated heterocycles. The molecular weight excluding hydrogens is 348 g/mol. The first kappa shape index (κ1) is 20.3. The molecule has 6 atom stereocenters. The van der Waals surface area contributed by atoms with Gasteiger partial charge in [-0.15, -0.1) is 0 Å². The summed E-state index contributed by atoms with van der Waals surface area (Å²) in [4.78, 5) is 0. The minimum absolute atomic E-state index is 0.420. The number of hydrogen-bond acceptors (Lipinski definition) is 6. The first-order valence-electron chi connectivity index (χ1n) is 9.57. The third-order valence-corrected chi connectivity index (χ3v) is 5.84. The van der Waals surface area contributed by atoms with Crippen LogP contribution in [0.4, 0.5) is 0 Å². The molecular formula is C21H30O6. The molecule has 1 aliphatic carbocycles. The maximum atomic E-state index is 10.4. The van der Waals surface area contributed by atoms with E-state index >= 15 is 0 Å². The number of methoxy groups -OCH3 is 1. The summed E-state index contributed by atoms with van der Waals surface area (Å²) in [7, 11) is 1.71. The molecule has 0 aromatic heterocycles. The van der Waals surface area contributed by atoms with Crippen LogP contribution in [-0.2, 0) is 15.9 Å². The molecule has 6 heteroatoms. The van der Waals surface area contributed by atoms with Crippen molar-refractivity contribution in [3.8, 4) is 0 Å². The van der Waals surface area contributed by atoms with Crippen LogP contribution in [0.15, 0.2) is 30.0 Å². The van der Waals surface area contributed by atoms with Crippen molar-refractivity contribution < 1.29 is 29.9 Å². The van der Waals surface area contributed by atoms with Gasteiger partial charge in [0.25, 0.3) is 0 Å². The van der Waals surface area contributed by atoms with E-state index in [1.807, 2.05) is 18.2 Å². The van der Waals surface area contributed by atoms with Gasteiger partial charge in [-0.1, -0.05) is 18.2 Å². The van der Waals surface area contributed by atoms with Crippen LogP contribution in [0.2, 0.25) is 0 Å². The number of rotatable bonds is 5. The Hall–Kier alpha value is -1.44. The standard InChI is InChI=1S/C21H30O6/c1-12-3-6-14(21-20(25)19(24)18(23)17(11-22)27-21)10-15(12)9-13-4-7-16(26-2)8-5-13/h3,6-7,10,13,17-25H,4-5,8-9,11H2,1-2H3/t13?,17-,18-,19+,20-,21+/m1/s1. The first-order valence-corrected chi connectivity index (χ1v) is 9.57. The van der Waals surface area contributed by atoms with Gasteiger partial charge in [0.2, 0.25) is 0 Å². The molecule has 2 aliphatic rings. The van der Waals surface area contributed by atoms with Gasteiger partial charge in [-0.25, -0.2) is 0 Å². The van der Waals surface area contributed by atoms with Crippen LogP contribution in [0.25, 0.3) is 0 Å². The van der Waals surface area contributed by atoms with Gasteiger partial charge in [-0.05, 0) is 54.9 Å². The average molecular weight is 378 g/mol. The fraction of sp³-hybridized carbons (Fsp3) is 0.619. The van der Waals surface area contributed by atoms with E-state index in [1.165, 1.54) is 11.1 Å². The summed E-state index contributed by atoms with van der Waals surface area (Å²) in [5, 5.41) is 39.8. The van der Waals surface area contributed by atoms with E-state index in [4.69, 9.17) is 9.47 Å². The third kappa shape index (κ3) is 4.36. The molecule has 4 N–H and O–H groups in total. The van der Waals surface area contributed by atoms with Gasteiger partial charge in [0.05, 0.1) is 19.5 Å². The summed E-state index contributed by atoms with van der Waals surface area (Å²) in [6, 6.07) is 5.87. The predicted octanol–water partition coefficient (Wildman–Crippen LogP) is 1.38. The second-order valence-corrected chi connectivity index (χ2v) is 7.65. The highest BCUT2D eigenvalue weighted by atomic mass is 16.5. The van der Waals surface area contributed by atoms with E-state index < -0.39 is 37.1 Å². The van der Waals surface area contributed by atoms with E-state index in [0.29, 0.717) is 5.92 Å². The van der Waals surface area contributed by atoms with Crippen molar-refractivity contribution >= 4 is 0 Å². The van der Waals surface area contributed by atoms with Crippen molar-refractivity contribution in [1.29, 1.82) is 0 Å². The molecule has 1 heterocycles. The Balaban J connectivity index is 1.77. The van der Waals surface area contributed by atoms with Gasteiger partial charge < -0.3 is 29.9 Å². The van der Waals surface area contributed by atoms with Crippen molar-refractivity contribution in [3.63, 3.8) is 0 Å². The van der Waals surface area contributed by atoms with Crippen LogP contribution in [0.5, 0.6) is 0 Å². The summed E-state index contributed by atoms with van der Waals surface area (Å²) in [5.74, 6) is 1.59. The largest absolute Gasteiger partial charge is 0.501 e. The molecule has 1 fully saturated rings. The zero-order chi connectivity index (χ0) is 19.6. The lowest BCUT2D eigenvalue weighted by molar-refractivity contribution is -0.231. The van der Waals surface area contributed by atoms with Gasteiger partial charge in [-0.3, -0.25) is 0 Å². The molecule has 1 unspecified atom stereocenters. The van der Waals surface area contributed by atoms with Crippen molar-refractivity contribution in [2.45, 2.75) is 63.1 Å². The molecule has 150 valence electrons. The summed E-state index contributed by atoms with van der Waals surface area (Å²) in [6.45, 7) is 1.64. The molecule has 1 aliphatic heterocycles. The molecule has 1 aromatic rings. The number of benzene rings is 1. The normalized spacial score (nSPS) is 34.2. The number of aryl methyl sites for hydroxylation is 1. The lowest BCUT2D eigenvalue weighted by atomic mass is 9.84. The van der Waals surface area contributed by atoms with Gasteiger partial charge in [-0.2, -0.15) is 0 Å². The maximum Gasteiger partial charge on any atom is 0.113 e. The summed E-state index contributed by atoms with van der Waals surface area (Å²) in [6.07, 6.45) is 0.454. The van der Waals surface area contributed by atoms with Gasteiger partial charge in [0.1, 0.15) is 30.5 Å². The van der Waals surface area contributed by atoms with Gasteiger partial charge in [0.15, 0.2) is 0 Å². The Morgan fingerprint density at radius 3 is 2.56 bits per heavy atom. The Morgan fingerprint density at radius 2 is 1.93 bits per heavy atom. The lowest BCUT2D eigenvalue weighted by Crippen LogP contribution is -2.55. The summed E-state index contributed by atoms with van der Waals surface area (Å²) in [5.41, 5.74) is 3.10. The van der Waals surface area contributed by atoms with Crippen molar-refractivity contribution in [2.75, 3.05) is 13.7 Å². The van der Waals surface area contributed by atoms with Crippen molar-refractivity contribution in [3.05, 3.63) is 46.7 Å². The summed E-state index contributed by atoms with van der Waals surface area (Å²) < 4.78 is 11.0. The van der Waals surface area contributed by atoms with Crippen LogP contribution in [0, 0.1) is 12.8 Å². The highest BCUT2D eigenvalue weighted by Gasteiger charge is 2.44. The van der Waals surface area contributed by atoms with Crippen LogP contribution < -0.4 is 0 Å². The van der Waals surface area contributed by atoms with E-state index in [-0.39, 0.29) is 0 Å². The topological polar surface area (TPSA) is 99.4 Å². The monoisotopic (exact) mass is 378 g/mol.